The highest BCUT2D eigenvalue weighted by atomic mass is 79.9. The second-order valence-corrected chi connectivity index (χ2v) is 5.67. The van der Waals surface area contributed by atoms with Gasteiger partial charge < -0.3 is 4.90 Å². The molecule has 0 radical (unpaired) electrons. The number of rotatable bonds is 2. The SMILES string of the molecule is O=C1CC(CCl)CN1c1cc(Br)cnc1Br. The standard InChI is InChI=1S/C10H9Br2ClN2O/c11-7-2-8(10(12)14-4-7)15-5-6(3-13)1-9(15)16/h2,4,6H,1,3,5H2. The molecule has 2 rings (SSSR count). The van der Waals surface area contributed by atoms with Gasteiger partial charge in [0.05, 0.1) is 5.69 Å². The lowest BCUT2D eigenvalue weighted by molar-refractivity contribution is -0.117. The van der Waals surface area contributed by atoms with E-state index in [1.54, 1.807) is 11.1 Å². The highest BCUT2D eigenvalue weighted by molar-refractivity contribution is 9.11. The zero-order chi connectivity index (χ0) is 11.7. The molecule has 1 aliphatic heterocycles. The summed E-state index contributed by atoms with van der Waals surface area (Å²) < 4.78 is 1.53. The Morgan fingerprint density at radius 1 is 1.56 bits per heavy atom. The smallest absolute Gasteiger partial charge is 0.227 e. The van der Waals surface area contributed by atoms with Crippen LogP contribution in [0.25, 0.3) is 0 Å². The van der Waals surface area contributed by atoms with E-state index >= 15 is 0 Å². The van der Waals surface area contributed by atoms with Crippen molar-refractivity contribution in [3.8, 4) is 0 Å². The van der Waals surface area contributed by atoms with Gasteiger partial charge in [-0.2, -0.15) is 0 Å². The topological polar surface area (TPSA) is 33.2 Å². The van der Waals surface area contributed by atoms with E-state index < -0.39 is 0 Å². The minimum atomic E-state index is 0.103. The lowest BCUT2D eigenvalue weighted by Crippen LogP contribution is -2.25. The molecule has 0 aliphatic carbocycles. The van der Waals surface area contributed by atoms with Crippen LogP contribution >= 0.6 is 43.5 Å². The molecule has 1 fully saturated rings. The summed E-state index contributed by atoms with van der Waals surface area (Å²) in [5.74, 6) is 0.854. The third-order valence-corrected chi connectivity index (χ3v) is 3.98. The van der Waals surface area contributed by atoms with Crippen LogP contribution in [0.4, 0.5) is 5.69 Å². The van der Waals surface area contributed by atoms with E-state index in [1.807, 2.05) is 6.07 Å². The van der Waals surface area contributed by atoms with Gasteiger partial charge in [-0.1, -0.05) is 0 Å². The van der Waals surface area contributed by atoms with Gasteiger partial charge in [0.2, 0.25) is 5.91 Å². The van der Waals surface area contributed by atoms with Crippen molar-refractivity contribution >= 4 is 55.1 Å². The molecule has 0 spiro atoms. The fourth-order valence-electron chi connectivity index (χ4n) is 1.72. The molecule has 1 unspecified atom stereocenters. The Kier molecular flexibility index (Phi) is 3.87. The van der Waals surface area contributed by atoms with Gasteiger partial charge in [-0.05, 0) is 43.8 Å². The molecule has 1 aliphatic rings. The van der Waals surface area contributed by atoms with Crippen molar-refractivity contribution in [3.05, 3.63) is 21.3 Å². The first-order valence-electron chi connectivity index (χ1n) is 4.79. The first-order chi connectivity index (χ1) is 7.61. The van der Waals surface area contributed by atoms with Gasteiger partial charge in [0, 0.05) is 29.5 Å². The molecule has 6 heteroatoms. The predicted molar refractivity (Wildman–Crippen MR) is 70.8 cm³/mol. The summed E-state index contributed by atoms with van der Waals surface area (Å²) in [6.07, 6.45) is 2.20. The largest absolute Gasteiger partial charge is 0.309 e. The van der Waals surface area contributed by atoms with Crippen LogP contribution in [0.3, 0.4) is 0 Å². The number of alkyl halides is 1. The molecular formula is C10H9Br2ClN2O. The van der Waals surface area contributed by atoms with Gasteiger partial charge in [0.15, 0.2) is 0 Å². The number of amides is 1. The van der Waals surface area contributed by atoms with E-state index in [1.165, 1.54) is 0 Å². The lowest BCUT2D eigenvalue weighted by atomic mass is 10.1. The molecule has 2 heterocycles. The van der Waals surface area contributed by atoms with Crippen LogP contribution in [0.15, 0.2) is 21.3 Å². The summed E-state index contributed by atoms with van der Waals surface area (Å²) in [5, 5.41) is 0. The molecular weight excluding hydrogens is 359 g/mol. The van der Waals surface area contributed by atoms with Crippen molar-refractivity contribution in [2.45, 2.75) is 6.42 Å². The first-order valence-corrected chi connectivity index (χ1v) is 6.91. The number of carbonyl (C=O) groups is 1. The summed E-state index contributed by atoms with van der Waals surface area (Å²) in [7, 11) is 0. The molecule has 0 saturated carbocycles. The fourth-order valence-corrected chi connectivity index (χ4v) is 2.68. The summed E-state index contributed by atoms with van der Waals surface area (Å²) in [6, 6.07) is 1.88. The average molecular weight is 368 g/mol. The van der Waals surface area contributed by atoms with Crippen LogP contribution in [-0.2, 0) is 4.79 Å². The van der Waals surface area contributed by atoms with Crippen LogP contribution < -0.4 is 4.90 Å². The first kappa shape index (κ1) is 12.3. The van der Waals surface area contributed by atoms with Gasteiger partial charge in [0.1, 0.15) is 4.60 Å². The Bertz CT molecular complexity index is 427. The average Bonchev–Trinajstić information content (AvgIpc) is 2.63. The van der Waals surface area contributed by atoms with Crippen LogP contribution in [0, 0.1) is 5.92 Å². The lowest BCUT2D eigenvalue weighted by Gasteiger charge is -2.17. The second-order valence-electron chi connectivity index (χ2n) is 3.69. The zero-order valence-corrected chi connectivity index (χ0v) is 12.2. The second kappa shape index (κ2) is 5.02. The van der Waals surface area contributed by atoms with Crippen molar-refractivity contribution in [1.82, 2.24) is 4.98 Å². The van der Waals surface area contributed by atoms with Crippen LogP contribution in [0.5, 0.6) is 0 Å². The molecule has 3 nitrogen and oxygen atoms in total. The maximum absolute atomic E-state index is 11.8. The van der Waals surface area contributed by atoms with Crippen molar-refractivity contribution < 1.29 is 4.79 Å². The quantitative estimate of drug-likeness (QED) is 0.593. The fraction of sp³-hybridized carbons (Fsp3) is 0.400. The van der Waals surface area contributed by atoms with Gasteiger partial charge in [-0.25, -0.2) is 4.98 Å². The predicted octanol–water partition coefficient (Wildman–Crippen LogP) is 3.20. The maximum Gasteiger partial charge on any atom is 0.227 e. The number of anilines is 1. The van der Waals surface area contributed by atoms with E-state index in [0.717, 1.165) is 10.2 Å². The Morgan fingerprint density at radius 2 is 2.31 bits per heavy atom. The number of pyridine rings is 1. The monoisotopic (exact) mass is 366 g/mol. The van der Waals surface area contributed by atoms with Crippen molar-refractivity contribution in [3.63, 3.8) is 0 Å². The minimum Gasteiger partial charge on any atom is -0.309 e. The van der Waals surface area contributed by atoms with Crippen molar-refractivity contribution in [1.29, 1.82) is 0 Å². The molecule has 1 saturated heterocycles. The number of nitrogens with zero attached hydrogens (tertiary/aromatic N) is 2. The zero-order valence-electron chi connectivity index (χ0n) is 8.29. The van der Waals surface area contributed by atoms with E-state index in [9.17, 15) is 4.79 Å². The molecule has 0 bridgehead atoms. The molecule has 1 aromatic rings. The summed E-state index contributed by atoms with van der Waals surface area (Å²) in [5.41, 5.74) is 0.798. The Morgan fingerprint density at radius 3 is 2.94 bits per heavy atom. The van der Waals surface area contributed by atoms with E-state index in [-0.39, 0.29) is 11.8 Å². The number of hydrogen-bond acceptors (Lipinski definition) is 2. The highest BCUT2D eigenvalue weighted by Gasteiger charge is 2.31. The van der Waals surface area contributed by atoms with Crippen molar-refractivity contribution in [2.75, 3.05) is 17.3 Å². The molecule has 16 heavy (non-hydrogen) atoms. The summed E-state index contributed by atoms with van der Waals surface area (Å²) in [4.78, 5) is 17.7. The molecule has 0 N–H and O–H groups in total. The molecule has 0 aromatic carbocycles. The summed E-state index contributed by atoms with van der Waals surface area (Å²) in [6.45, 7) is 0.666. The van der Waals surface area contributed by atoms with E-state index in [0.29, 0.717) is 23.4 Å². The highest BCUT2D eigenvalue weighted by Crippen LogP contribution is 2.32. The number of carbonyl (C=O) groups excluding carboxylic acids is 1. The van der Waals surface area contributed by atoms with E-state index in [4.69, 9.17) is 11.6 Å². The van der Waals surface area contributed by atoms with Gasteiger partial charge in [-0.3, -0.25) is 4.79 Å². The molecule has 86 valence electrons. The Balaban J connectivity index is 2.30. The molecule has 1 atom stereocenters. The third-order valence-electron chi connectivity index (χ3n) is 2.50. The maximum atomic E-state index is 11.8. The summed E-state index contributed by atoms with van der Waals surface area (Å²) >= 11 is 12.5. The molecule has 1 aromatic heterocycles. The van der Waals surface area contributed by atoms with Gasteiger partial charge in [-0.15, -0.1) is 11.6 Å². The normalized spacial score (nSPS) is 20.6. The number of hydrogen-bond donors (Lipinski definition) is 0. The van der Waals surface area contributed by atoms with Crippen LogP contribution in [0.1, 0.15) is 6.42 Å². The Labute approximate surface area is 115 Å². The van der Waals surface area contributed by atoms with Gasteiger partial charge in [0.25, 0.3) is 0 Å². The Hall–Kier alpha value is -0.130. The van der Waals surface area contributed by atoms with Crippen LogP contribution in [0.2, 0.25) is 0 Å². The van der Waals surface area contributed by atoms with E-state index in [2.05, 4.69) is 36.8 Å². The van der Waals surface area contributed by atoms with Crippen molar-refractivity contribution in [2.24, 2.45) is 5.92 Å². The number of aromatic nitrogens is 1. The van der Waals surface area contributed by atoms with Gasteiger partial charge >= 0.3 is 0 Å². The third kappa shape index (κ3) is 2.41. The minimum absolute atomic E-state index is 0.103. The molecule has 1 amide bonds. The van der Waals surface area contributed by atoms with Crippen LogP contribution in [-0.4, -0.2) is 23.3 Å². The number of halogens is 3.